The summed E-state index contributed by atoms with van der Waals surface area (Å²) in [7, 11) is 0. The lowest BCUT2D eigenvalue weighted by atomic mass is 10.0. The Hall–Kier alpha value is -1.53. The molecule has 1 rings (SSSR count). The van der Waals surface area contributed by atoms with E-state index >= 15 is 0 Å². The molecule has 1 aromatic rings. The molecule has 92 valence electrons. The zero-order valence-corrected chi connectivity index (χ0v) is 10.9. The molecule has 0 saturated carbocycles. The minimum Gasteiger partial charge on any atom is -0.399 e. The van der Waals surface area contributed by atoms with Crippen LogP contribution in [0.3, 0.4) is 0 Å². The predicted octanol–water partition coefficient (Wildman–Crippen LogP) is 2.95. The summed E-state index contributed by atoms with van der Waals surface area (Å²) >= 11 is 0. The van der Waals surface area contributed by atoms with Gasteiger partial charge in [-0.3, -0.25) is 4.90 Å². The molecule has 0 aromatic heterocycles. The molecule has 1 unspecified atom stereocenters. The van der Waals surface area contributed by atoms with E-state index in [4.69, 9.17) is 11.0 Å². The second kappa shape index (κ2) is 6.27. The van der Waals surface area contributed by atoms with Gasteiger partial charge in [-0.15, -0.1) is 0 Å². The van der Waals surface area contributed by atoms with Gasteiger partial charge in [0, 0.05) is 30.7 Å². The lowest BCUT2D eigenvalue weighted by molar-refractivity contribution is 0.168. The van der Waals surface area contributed by atoms with Crippen molar-refractivity contribution in [3.63, 3.8) is 0 Å². The molecule has 0 aliphatic heterocycles. The van der Waals surface area contributed by atoms with Gasteiger partial charge in [-0.2, -0.15) is 5.26 Å². The van der Waals surface area contributed by atoms with Crippen molar-refractivity contribution in [3.05, 3.63) is 29.8 Å². The normalized spacial score (nSPS) is 12.7. The summed E-state index contributed by atoms with van der Waals surface area (Å²) in [6.45, 7) is 7.26. The summed E-state index contributed by atoms with van der Waals surface area (Å²) in [5.74, 6) is 0. The number of anilines is 1. The van der Waals surface area contributed by atoms with E-state index < -0.39 is 0 Å². The molecule has 3 heteroatoms. The Labute approximate surface area is 104 Å². The van der Waals surface area contributed by atoms with E-state index in [1.54, 1.807) is 0 Å². The molecule has 0 bridgehead atoms. The van der Waals surface area contributed by atoms with Crippen molar-refractivity contribution in [2.45, 2.75) is 39.3 Å². The molecule has 0 amide bonds. The van der Waals surface area contributed by atoms with Crippen LogP contribution < -0.4 is 5.73 Å². The molecular weight excluding hydrogens is 210 g/mol. The number of nitriles is 1. The Balaban J connectivity index is 2.84. The summed E-state index contributed by atoms with van der Waals surface area (Å²) < 4.78 is 0. The van der Waals surface area contributed by atoms with E-state index in [9.17, 15) is 0 Å². The van der Waals surface area contributed by atoms with Gasteiger partial charge in [0.15, 0.2) is 0 Å². The first-order chi connectivity index (χ1) is 8.06. The number of hydrogen-bond acceptors (Lipinski definition) is 3. The van der Waals surface area contributed by atoms with Gasteiger partial charge in [0.05, 0.1) is 6.07 Å². The van der Waals surface area contributed by atoms with Crippen LogP contribution in [0.2, 0.25) is 0 Å². The number of rotatable bonds is 5. The topological polar surface area (TPSA) is 53.0 Å². The van der Waals surface area contributed by atoms with Crippen molar-refractivity contribution in [3.8, 4) is 6.07 Å². The molecular formula is C14H21N3. The molecule has 0 spiro atoms. The number of nitrogen functional groups attached to an aromatic ring is 1. The summed E-state index contributed by atoms with van der Waals surface area (Å²) in [6, 6.07) is 10.9. The van der Waals surface area contributed by atoms with E-state index in [-0.39, 0.29) is 6.04 Å². The highest BCUT2D eigenvalue weighted by Gasteiger charge is 2.18. The van der Waals surface area contributed by atoms with Crippen molar-refractivity contribution in [2.75, 3.05) is 12.3 Å². The van der Waals surface area contributed by atoms with Crippen LogP contribution >= 0.6 is 0 Å². The highest BCUT2D eigenvalue weighted by Crippen LogP contribution is 2.23. The monoisotopic (exact) mass is 231 g/mol. The average Bonchev–Trinajstić information content (AvgIpc) is 2.29. The van der Waals surface area contributed by atoms with Gasteiger partial charge in [-0.25, -0.2) is 0 Å². The molecule has 0 saturated heterocycles. The van der Waals surface area contributed by atoms with Gasteiger partial charge in [0.1, 0.15) is 0 Å². The van der Waals surface area contributed by atoms with Crippen molar-refractivity contribution >= 4 is 5.69 Å². The largest absolute Gasteiger partial charge is 0.399 e. The third-order valence-corrected chi connectivity index (χ3v) is 3.04. The molecule has 2 N–H and O–H groups in total. The Morgan fingerprint density at radius 3 is 2.59 bits per heavy atom. The Kier molecular flexibility index (Phi) is 4.99. The fourth-order valence-corrected chi connectivity index (χ4v) is 2.09. The van der Waals surface area contributed by atoms with Crippen LogP contribution in [0, 0.1) is 11.3 Å². The molecule has 0 aliphatic carbocycles. The van der Waals surface area contributed by atoms with Crippen molar-refractivity contribution in [1.82, 2.24) is 4.90 Å². The smallest absolute Gasteiger partial charge is 0.0635 e. The SMILES string of the molecule is CC(C)N(CCC#N)C(C)c1cccc(N)c1. The van der Waals surface area contributed by atoms with Crippen molar-refractivity contribution in [1.29, 1.82) is 5.26 Å². The second-order valence-electron chi connectivity index (χ2n) is 4.59. The average molecular weight is 231 g/mol. The Morgan fingerprint density at radius 1 is 1.35 bits per heavy atom. The molecule has 1 atom stereocenters. The van der Waals surface area contributed by atoms with E-state index in [1.165, 1.54) is 5.56 Å². The molecule has 17 heavy (non-hydrogen) atoms. The van der Waals surface area contributed by atoms with Crippen LogP contribution in [0.25, 0.3) is 0 Å². The summed E-state index contributed by atoms with van der Waals surface area (Å²) in [6.07, 6.45) is 0.560. The second-order valence-corrected chi connectivity index (χ2v) is 4.59. The number of benzene rings is 1. The lowest BCUT2D eigenvalue weighted by Crippen LogP contribution is -2.34. The van der Waals surface area contributed by atoms with Crippen LogP contribution in [-0.2, 0) is 0 Å². The van der Waals surface area contributed by atoms with Crippen LogP contribution in [0.1, 0.15) is 38.8 Å². The van der Waals surface area contributed by atoms with Gasteiger partial charge >= 0.3 is 0 Å². The third-order valence-electron chi connectivity index (χ3n) is 3.04. The standard InChI is InChI=1S/C14H21N3/c1-11(2)17(9-5-8-15)12(3)13-6-4-7-14(16)10-13/h4,6-7,10-12H,5,9,16H2,1-3H3. The van der Waals surface area contributed by atoms with Gasteiger partial charge in [-0.05, 0) is 38.5 Å². The minimum absolute atomic E-state index is 0.284. The Morgan fingerprint density at radius 2 is 2.06 bits per heavy atom. The van der Waals surface area contributed by atoms with Crippen LogP contribution in [-0.4, -0.2) is 17.5 Å². The van der Waals surface area contributed by atoms with Crippen LogP contribution in [0.5, 0.6) is 0 Å². The van der Waals surface area contributed by atoms with Crippen molar-refractivity contribution < 1.29 is 0 Å². The highest BCUT2D eigenvalue weighted by molar-refractivity contribution is 5.41. The fourth-order valence-electron chi connectivity index (χ4n) is 2.09. The van der Waals surface area contributed by atoms with E-state index in [0.29, 0.717) is 12.5 Å². The van der Waals surface area contributed by atoms with Crippen molar-refractivity contribution in [2.24, 2.45) is 0 Å². The number of hydrogen-bond donors (Lipinski definition) is 1. The zero-order valence-electron chi connectivity index (χ0n) is 10.9. The van der Waals surface area contributed by atoms with E-state index in [0.717, 1.165) is 12.2 Å². The molecule has 1 aromatic carbocycles. The van der Waals surface area contributed by atoms with E-state index in [1.807, 2.05) is 18.2 Å². The van der Waals surface area contributed by atoms with Gasteiger partial charge in [-0.1, -0.05) is 12.1 Å². The van der Waals surface area contributed by atoms with Crippen LogP contribution in [0.4, 0.5) is 5.69 Å². The van der Waals surface area contributed by atoms with E-state index in [2.05, 4.69) is 37.8 Å². The molecule has 0 aliphatic rings. The lowest BCUT2D eigenvalue weighted by Gasteiger charge is -2.32. The first-order valence-corrected chi connectivity index (χ1v) is 6.04. The molecule has 0 fully saturated rings. The zero-order chi connectivity index (χ0) is 12.8. The van der Waals surface area contributed by atoms with Gasteiger partial charge in [0.25, 0.3) is 0 Å². The predicted molar refractivity (Wildman–Crippen MR) is 71.3 cm³/mol. The fraction of sp³-hybridized carbons (Fsp3) is 0.500. The Bertz CT molecular complexity index is 393. The molecule has 3 nitrogen and oxygen atoms in total. The maximum absolute atomic E-state index is 8.70. The van der Waals surface area contributed by atoms with Gasteiger partial charge < -0.3 is 5.73 Å². The quantitative estimate of drug-likeness (QED) is 0.793. The molecule has 0 radical (unpaired) electrons. The van der Waals surface area contributed by atoms with Gasteiger partial charge in [0.2, 0.25) is 0 Å². The third kappa shape index (κ3) is 3.76. The molecule has 0 heterocycles. The summed E-state index contributed by atoms with van der Waals surface area (Å²) in [5.41, 5.74) is 7.80. The first kappa shape index (κ1) is 13.5. The van der Waals surface area contributed by atoms with Crippen LogP contribution in [0.15, 0.2) is 24.3 Å². The minimum atomic E-state index is 0.284. The summed E-state index contributed by atoms with van der Waals surface area (Å²) in [5, 5.41) is 8.70. The summed E-state index contributed by atoms with van der Waals surface area (Å²) in [4.78, 5) is 2.32. The first-order valence-electron chi connectivity index (χ1n) is 6.04. The number of nitrogens with zero attached hydrogens (tertiary/aromatic N) is 2. The maximum Gasteiger partial charge on any atom is 0.0635 e. The maximum atomic E-state index is 8.70. The number of nitrogens with two attached hydrogens (primary N) is 1. The highest BCUT2D eigenvalue weighted by atomic mass is 15.2.